The normalized spacial score (nSPS) is 19.0. The number of hydrogen-bond donors (Lipinski definition) is 1. The minimum atomic E-state index is 0.260. The molecule has 0 radical (unpaired) electrons. The third-order valence-electron chi connectivity index (χ3n) is 4.52. The first-order valence-corrected chi connectivity index (χ1v) is 8.85. The van der Waals surface area contributed by atoms with E-state index in [-0.39, 0.29) is 5.76 Å². The van der Waals surface area contributed by atoms with E-state index < -0.39 is 0 Å². The molecule has 26 heavy (non-hydrogen) atoms. The molecule has 0 aromatic carbocycles. The van der Waals surface area contributed by atoms with Gasteiger partial charge < -0.3 is 14.9 Å². The van der Waals surface area contributed by atoms with Crippen molar-refractivity contribution in [3.8, 4) is 0 Å². The van der Waals surface area contributed by atoms with Gasteiger partial charge >= 0.3 is 0 Å². The van der Waals surface area contributed by atoms with Crippen LogP contribution in [0.2, 0.25) is 0 Å². The van der Waals surface area contributed by atoms with E-state index in [0.29, 0.717) is 11.8 Å². The number of aliphatic hydroxyl groups excluding tert-OH is 1. The largest absolute Gasteiger partial charge is 0.512 e. The maximum absolute atomic E-state index is 9.60. The van der Waals surface area contributed by atoms with Crippen LogP contribution in [0.15, 0.2) is 31.5 Å². The molecule has 1 heterocycles. The van der Waals surface area contributed by atoms with Crippen LogP contribution in [0.5, 0.6) is 0 Å². The van der Waals surface area contributed by atoms with Crippen LogP contribution >= 0.6 is 0 Å². The first-order chi connectivity index (χ1) is 12.3. The van der Waals surface area contributed by atoms with Gasteiger partial charge in [0.15, 0.2) is 5.84 Å². The highest BCUT2D eigenvalue weighted by Gasteiger charge is 2.22. The first-order valence-electron chi connectivity index (χ1n) is 8.85. The van der Waals surface area contributed by atoms with Gasteiger partial charge in [0, 0.05) is 38.8 Å². The number of aliphatic hydroxyl groups is 1. The Balaban J connectivity index is 2.97. The molecule has 0 aromatic rings. The predicted octanol–water partition coefficient (Wildman–Crippen LogP) is 2.21. The molecule has 1 aliphatic heterocycles. The van der Waals surface area contributed by atoms with Gasteiger partial charge in [0.1, 0.15) is 6.34 Å². The Hall–Kier alpha value is -2.22. The van der Waals surface area contributed by atoms with Crippen LogP contribution in [0.1, 0.15) is 33.6 Å². The fourth-order valence-corrected chi connectivity index (χ4v) is 2.67. The number of piperidine rings is 1. The molecule has 1 saturated heterocycles. The highest BCUT2D eigenvalue weighted by Crippen LogP contribution is 2.14. The topological polar surface area (TPSA) is 79.4 Å². The smallest absolute Gasteiger partial charge is 0.169 e. The molecular weight excluding hydrogens is 330 g/mol. The molecule has 0 aliphatic carbocycles. The predicted molar refractivity (Wildman–Crippen MR) is 110 cm³/mol. The van der Waals surface area contributed by atoms with Crippen molar-refractivity contribution in [2.24, 2.45) is 20.2 Å². The fourth-order valence-electron chi connectivity index (χ4n) is 2.67. The lowest BCUT2D eigenvalue weighted by Gasteiger charge is -2.36. The molecule has 1 aliphatic rings. The standard InChI is InChI=1S/C18H33N7O/c1-14(16(3)26)15(2)21-24(7)22-18(12-20-13-19-4)25-10-8-17(9-11-25)23(5)6/h12-13,17,26H,8-11H2,1-7H3/b16-14+,19-13+,20-12-,21-15+,22-18?. The minimum Gasteiger partial charge on any atom is -0.512 e. The van der Waals surface area contributed by atoms with Gasteiger partial charge in [-0.1, -0.05) is 0 Å². The van der Waals surface area contributed by atoms with Crippen molar-refractivity contribution < 1.29 is 5.11 Å². The summed E-state index contributed by atoms with van der Waals surface area (Å²) in [6.07, 6.45) is 5.38. The van der Waals surface area contributed by atoms with Gasteiger partial charge in [-0.2, -0.15) is 10.2 Å². The van der Waals surface area contributed by atoms with E-state index in [1.54, 1.807) is 27.2 Å². The van der Waals surface area contributed by atoms with Crippen LogP contribution in [0.25, 0.3) is 0 Å². The molecule has 1 fully saturated rings. The zero-order valence-electron chi connectivity index (χ0n) is 17.1. The van der Waals surface area contributed by atoms with Gasteiger partial charge in [-0.15, -0.1) is 5.10 Å². The minimum absolute atomic E-state index is 0.260. The number of hydrogen-bond acceptors (Lipinski definition) is 6. The lowest BCUT2D eigenvalue weighted by atomic mass is 10.0. The molecule has 0 atom stereocenters. The second-order valence-corrected chi connectivity index (χ2v) is 6.68. The fraction of sp³-hybridized carbons (Fsp3) is 0.667. The Morgan fingerprint density at radius 2 is 1.69 bits per heavy atom. The van der Waals surface area contributed by atoms with Crippen molar-refractivity contribution in [3.05, 3.63) is 11.3 Å². The number of aliphatic imine (C=N–C) groups is 2. The molecule has 1 N–H and O–H groups in total. The van der Waals surface area contributed by atoms with E-state index in [0.717, 1.165) is 37.3 Å². The van der Waals surface area contributed by atoms with Crippen molar-refractivity contribution in [2.45, 2.75) is 39.7 Å². The molecule has 0 aromatic heterocycles. The van der Waals surface area contributed by atoms with Gasteiger partial charge in [-0.25, -0.2) is 4.99 Å². The van der Waals surface area contributed by atoms with E-state index in [1.807, 2.05) is 13.8 Å². The van der Waals surface area contributed by atoms with E-state index in [1.165, 1.54) is 11.5 Å². The van der Waals surface area contributed by atoms with Crippen LogP contribution in [0.4, 0.5) is 0 Å². The zero-order valence-corrected chi connectivity index (χ0v) is 17.1. The number of likely N-dealkylation sites (tertiary alicyclic amines) is 1. The van der Waals surface area contributed by atoms with Crippen LogP contribution in [0, 0.1) is 0 Å². The summed E-state index contributed by atoms with van der Waals surface area (Å²) in [6, 6.07) is 0.597. The first kappa shape index (κ1) is 21.8. The average molecular weight is 364 g/mol. The summed E-state index contributed by atoms with van der Waals surface area (Å²) in [5, 5.41) is 20.1. The van der Waals surface area contributed by atoms with E-state index >= 15 is 0 Å². The summed E-state index contributed by atoms with van der Waals surface area (Å²) in [6.45, 7) is 7.16. The zero-order chi connectivity index (χ0) is 19.7. The van der Waals surface area contributed by atoms with E-state index in [2.05, 4.69) is 44.1 Å². The monoisotopic (exact) mass is 363 g/mol. The Kier molecular flexibility index (Phi) is 8.98. The number of allylic oxidation sites excluding steroid dienone is 2. The van der Waals surface area contributed by atoms with Crippen molar-refractivity contribution in [2.75, 3.05) is 41.3 Å². The summed E-state index contributed by atoms with van der Waals surface area (Å²) in [4.78, 5) is 12.6. The molecule has 0 unspecified atom stereocenters. The molecule has 8 nitrogen and oxygen atoms in total. The summed E-state index contributed by atoms with van der Waals surface area (Å²) in [5.41, 5.74) is 1.46. The SMILES string of the molecule is C/N=C/N=C\C(=NN(C)/N=C(C)/C(C)=C(\C)O)N1CCC(N(C)C)CC1. The summed E-state index contributed by atoms with van der Waals surface area (Å²) in [5.74, 6) is 1.01. The molecule has 0 amide bonds. The van der Waals surface area contributed by atoms with Crippen molar-refractivity contribution in [3.63, 3.8) is 0 Å². The van der Waals surface area contributed by atoms with Crippen LogP contribution in [-0.4, -0.2) is 91.4 Å². The molecule has 8 heteroatoms. The van der Waals surface area contributed by atoms with Crippen LogP contribution < -0.4 is 0 Å². The number of nitrogens with zero attached hydrogens (tertiary/aromatic N) is 7. The molecule has 146 valence electrons. The number of amidine groups is 1. The lowest BCUT2D eigenvalue weighted by molar-refractivity contribution is 0.190. The summed E-state index contributed by atoms with van der Waals surface area (Å²) < 4.78 is 0. The highest BCUT2D eigenvalue weighted by atomic mass is 16.3. The number of rotatable bonds is 6. The van der Waals surface area contributed by atoms with Gasteiger partial charge in [0.25, 0.3) is 0 Å². The van der Waals surface area contributed by atoms with Crippen LogP contribution in [-0.2, 0) is 0 Å². The van der Waals surface area contributed by atoms with Crippen molar-refractivity contribution >= 4 is 24.1 Å². The average Bonchev–Trinajstić information content (AvgIpc) is 2.60. The van der Waals surface area contributed by atoms with Gasteiger partial charge in [0.05, 0.1) is 17.7 Å². The van der Waals surface area contributed by atoms with Gasteiger partial charge in [0.2, 0.25) is 0 Å². The summed E-state index contributed by atoms with van der Waals surface area (Å²) in [7, 11) is 7.71. The van der Waals surface area contributed by atoms with E-state index in [9.17, 15) is 5.11 Å². The third-order valence-corrected chi connectivity index (χ3v) is 4.52. The van der Waals surface area contributed by atoms with Crippen molar-refractivity contribution in [1.29, 1.82) is 0 Å². The van der Waals surface area contributed by atoms with Gasteiger partial charge in [-0.05, 0) is 47.7 Å². The van der Waals surface area contributed by atoms with Crippen molar-refractivity contribution in [1.82, 2.24) is 14.9 Å². The van der Waals surface area contributed by atoms with Gasteiger partial charge in [-0.3, -0.25) is 4.99 Å². The molecular formula is C18H33N7O. The maximum Gasteiger partial charge on any atom is 0.169 e. The van der Waals surface area contributed by atoms with Crippen LogP contribution in [0.3, 0.4) is 0 Å². The molecule has 1 rings (SSSR count). The molecule has 0 saturated carbocycles. The Labute approximate surface area is 157 Å². The second-order valence-electron chi connectivity index (χ2n) is 6.68. The maximum atomic E-state index is 9.60. The number of hydrazone groups is 2. The Morgan fingerprint density at radius 3 is 2.19 bits per heavy atom. The Morgan fingerprint density at radius 1 is 1.08 bits per heavy atom. The Bertz CT molecular complexity index is 593. The quantitative estimate of drug-likeness (QED) is 0.340. The molecule has 0 spiro atoms. The molecule has 0 bridgehead atoms. The lowest BCUT2D eigenvalue weighted by Crippen LogP contribution is -2.45. The summed E-state index contributed by atoms with van der Waals surface area (Å²) >= 11 is 0. The van der Waals surface area contributed by atoms with E-state index in [4.69, 9.17) is 0 Å². The second kappa shape index (κ2) is 10.7. The third kappa shape index (κ3) is 6.95. The highest BCUT2D eigenvalue weighted by molar-refractivity contribution is 6.30.